The van der Waals surface area contributed by atoms with Crippen LogP contribution in [0.1, 0.15) is 37.7 Å². The Hall–Kier alpha value is -2.55. The molecule has 0 aliphatic heterocycles. The number of hydrogen-bond donors (Lipinski definition) is 2. The van der Waals surface area contributed by atoms with Crippen LogP contribution in [-0.4, -0.2) is 17.4 Å². The van der Waals surface area contributed by atoms with E-state index in [9.17, 15) is 4.79 Å². The molecule has 0 bridgehead atoms. The van der Waals surface area contributed by atoms with Crippen LogP contribution in [0.3, 0.4) is 0 Å². The molecular formula is C23H26N2O. The van der Waals surface area contributed by atoms with Crippen LogP contribution in [0.25, 0.3) is 22.2 Å². The van der Waals surface area contributed by atoms with E-state index in [1.54, 1.807) is 0 Å². The molecular weight excluding hydrogens is 320 g/mol. The second-order valence-corrected chi connectivity index (χ2v) is 7.27. The zero-order valence-corrected chi connectivity index (χ0v) is 15.1. The first-order valence-corrected chi connectivity index (χ1v) is 9.75. The van der Waals surface area contributed by atoms with Crippen LogP contribution in [-0.2, 0) is 11.2 Å². The van der Waals surface area contributed by atoms with Crippen molar-refractivity contribution in [2.45, 2.75) is 38.5 Å². The van der Waals surface area contributed by atoms with Gasteiger partial charge in [-0.3, -0.25) is 4.79 Å². The second-order valence-electron chi connectivity index (χ2n) is 7.27. The fraction of sp³-hybridized carbons (Fsp3) is 0.348. The maximum Gasteiger partial charge on any atom is 0.223 e. The molecule has 0 radical (unpaired) electrons. The van der Waals surface area contributed by atoms with Gasteiger partial charge in [0.05, 0.1) is 0 Å². The molecule has 3 aromatic rings. The fourth-order valence-corrected chi connectivity index (χ4v) is 4.13. The summed E-state index contributed by atoms with van der Waals surface area (Å²) < 4.78 is 0. The SMILES string of the molecule is O=C(NCCc1c(-c2ccccc2)[nH]c2ccccc12)C1CCCCC1. The summed E-state index contributed by atoms with van der Waals surface area (Å²) in [4.78, 5) is 16.0. The van der Waals surface area contributed by atoms with Crippen LogP contribution < -0.4 is 5.32 Å². The molecule has 2 N–H and O–H groups in total. The van der Waals surface area contributed by atoms with Crippen LogP contribution in [0.15, 0.2) is 54.6 Å². The summed E-state index contributed by atoms with van der Waals surface area (Å²) in [6, 6.07) is 18.9. The predicted octanol–water partition coefficient (Wildman–Crippen LogP) is 5.07. The van der Waals surface area contributed by atoms with E-state index in [2.05, 4.69) is 58.8 Å². The smallest absolute Gasteiger partial charge is 0.223 e. The molecule has 26 heavy (non-hydrogen) atoms. The Kier molecular flexibility index (Phi) is 5.05. The van der Waals surface area contributed by atoms with Gasteiger partial charge in [0.15, 0.2) is 0 Å². The molecule has 2 aromatic carbocycles. The van der Waals surface area contributed by atoms with Gasteiger partial charge in [-0.1, -0.05) is 67.8 Å². The first-order chi connectivity index (χ1) is 12.8. The van der Waals surface area contributed by atoms with Crippen molar-refractivity contribution in [1.29, 1.82) is 0 Å². The van der Waals surface area contributed by atoms with E-state index in [4.69, 9.17) is 0 Å². The third-order valence-corrected chi connectivity index (χ3v) is 5.53. The minimum Gasteiger partial charge on any atom is -0.356 e. The fourth-order valence-electron chi connectivity index (χ4n) is 4.13. The highest BCUT2D eigenvalue weighted by atomic mass is 16.1. The zero-order valence-electron chi connectivity index (χ0n) is 15.1. The Morgan fingerprint density at radius 3 is 2.50 bits per heavy atom. The lowest BCUT2D eigenvalue weighted by Gasteiger charge is -2.20. The first kappa shape index (κ1) is 16.9. The van der Waals surface area contributed by atoms with Crippen molar-refractivity contribution in [3.05, 3.63) is 60.2 Å². The van der Waals surface area contributed by atoms with Crippen molar-refractivity contribution in [3.63, 3.8) is 0 Å². The standard InChI is InChI=1S/C23H26N2O/c26-23(18-11-5-2-6-12-18)24-16-15-20-19-13-7-8-14-21(19)25-22(20)17-9-3-1-4-10-17/h1,3-4,7-10,13-14,18,25H,2,5-6,11-12,15-16H2,(H,24,26). The summed E-state index contributed by atoms with van der Waals surface area (Å²) in [6.07, 6.45) is 6.60. The predicted molar refractivity (Wildman–Crippen MR) is 107 cm³/mol. The summed E-state index contributed by atoms with van der Waals surface area (Å²) in [5.74, 6) is 0.464. The second kappa shape index (κ2) is 7.77. The lowest BCUT2D eigenvalue weighted by Crippen LogP contribution is -2.33. The molecule has 1 aliphatic rings. The van der Waals surface area contributed by atoms with Gasteiger partial charge in [0.1, 0.15) is 0 Å². The number of H-pyrrole nitrogens is 1. The quantitative estimate of drug-likeness (QED) is 0.665. The third kappa shape index (κ3) is 3.52. The van der Waals surface area contributed by atoms with Crippen molar-refractivity contribution in [1.82, 2.24) is 10.3 Å². The Morgan fingerprint density at radius 1 is 0.962 bits per heavy atom. The highest BCUT2D eigenvalue weighted by Crippen LogP contribution is 2.30. The molecule has 134 valence electrons. The van der Waals surface area contributed by atoms with E-state index in [-0.39, 0.29) is 11.8 Å². The monoisotopic (exact) mass is 346 g/mol. The number of hydrogen-bond acceptors (Lipinski definition) is 1. The van der Waals surface area contributed by atoms with E-state index in [0.717, 1.165) is 24.8 Å². The Morgan fingerprint density at radius 2 is 1.69 bits per heavy atom. The molecule has 0 atom stereocenters. The number of carbonyl (C=O) groups is 1. The normalized spacial score (nSPS) is 15.2. The van der Waals surface area contributed by atoms with Crippen LogP contribution in [0.4, 0.5) is 0 Å². The number of nitrogens with one attached hydrogen (secondary N) is 2. The molecule has 1 saturated carbocycles. The van der Waals surface area contributed by atoms with Crippen LogP contribution >= 0.6 is 0 Å². The van der Waals surface area contributed by atoms with E-state index in [0.29, 0.717) is 6.54 Å². The number of benzene rings is 2. The molecule has 3 nitrogen and oxygen atoms in total. The average molecular weight is 346 g/mol. The van der Waals surface area contributed by atoms with Crippen LogP contribution in [0.2, 0.25) is 0 Å². The highest BCUT2D eigenvalue weighted by molar-refractivity contribution is 5.90. The average Bonchev–Trinajstić information content (AvgIpc) is 3.08. The largest absolute Gasteiger partial charge is 0.356 e. The molecule has 1 amide bonds. The molecule has 0 unspecified atom stereocenters. The van der Waals surface area contributed by atoms with Crippen LogP contribution in [0.5, 0.6) is 0 Å². The molecule has 1 aromatic heterocycles. The first-order valence-electron chi connectivity index (χ1n) is 9.75. The Balaban J connectivity index is 1.52. The van der Waals surface area contributed by atoms with Gasteiger partial charge in [0.25, 0.3) is 0 Å². The third-order valence-electron chi connectivity index (χ3n) is 5.53. The van der Waals surface area contributed by atoms with E-state index >= 15 is 0 Å². The number of rotatable bonds is 5. The summed E-state index contributed by atoms with van der Waals surface area (Å²) in [5.41, 5.74) is 4.80. The maximum absolute atomic E-state index is 12.4. The van der Waals surface area contributed by atoms with Gasteiger partial charge in [-0.25, -0.2) is 0 Å². The van der Waals surface area contributed by atoms with Crippen molar-refractivity contribution < 1.29 is 4.79 Å². The van der Waals surface area contributed by atoms with E-state index in [1.165, 1.54) is 41.5 Å². The number of amides is 1. The molecule has 1 fully saturated rings. The number of aromatic nitrogens is 1. The van der Waals surface area contributed by atoms with Crippen molar-refractivity contribution in [2.24, 2.45) is 5.92 Å². The molecule has 3 heteroatoms. The van der Waals surface area contributed by atoms with Gasteiger partial charge in [-0.05, 0) is 36.5 Å². The maximum atomic E-state index is 12.4. The molecule has 1 heterocycles. The Labute approximate surface area is 154 Å². The lowest BCUT2D eigenvalue weighted by atomic mass is 9.88. The number of para-hydroxylation sites is 1. The zero-order chi connectivity index (χ0) is 17.8. The van der Waals surface area contributed by atoms with Gasteiger partial charge in [0, 0.05) is 29.1 Å². The van der Waals surface area contributed by atoms with E-state index in [1.807, 2.05) is 6.07 Å². The van der Waals surface area contributed by atoms with Crippen LogP contribution in [0, 0.1) is 5.92 Å². The van der Waals surface area contributed by atoms with Crippen molar-refractivity contribution in [2.75, 3.05) is 6.54 Å². The topological polar surface area (TPSA) is 44.9 Å². The number of fused-ring (bicyclic) bond motifs is 1. The van der Waals surface area contributed by atoms with Crippen molar-refractivity contribution >= 4 is 16.8 Å². The molecule has 1 aliphatic carbocycles. The van der Waals surface area contributed by atoms with Gasteiger partial charge < -0.3 is 10.3 Å². The minimum atomic E-state index is 0.223. The van der Waals surface area contributed by atoms with Gasteiger partial charge in [-0.2, -0.15) is 0 Å². The number of carbonyl (C=O) groups excluding carboxylic acids is 1. The minimum absolute atomic E-state index is 0.223. The van der Waals surface area contributed by atoms with Gasteiger partial charge in [0.2, 0.25) is 5.91 Å². The summed E-state index contributed by atoms with van der Waals surface area (Å²) in [5, 5.41) is 4.43. The summed E-state index contributed by atoms with van der Waals surface area (Å²) >= 11 is 0. The van der Waals surface area contributed by atoms with Gasteiger partial charge >= 0.3 is 0 Å². The Bertz CT molecular complexity index is 876. The van der Waals surface area contributed by atoms with E-state index < -0.39 is 0 Å². The molecule has 0 spiro atoms. The summed E-state index contributed by atoms with van der Waals surface area (Å²) in [7, 11) is 0. The summed E-state index contributed by atoms with van der Waals surface area (Å²) in [6.45, 7) is 0.691. The highest BCUT2D eigenvalue weighted by Gasteiger charge is 2.21. The molecule has 0 saturated heterocycles. The van der Waals surface area contributed by atoms with Crippen molar-refractivity contribution in [3.8, 4) is 11.3 Å². The van der Waals surface area contributed by atoms with Gasteiger partial charge in [-0.15, -0.1) is 0 Å². The lowest BCUT2D eigenvalue weighted by molar-refractivity contribution is -0.125. The molecule has 4 rings (SSSR count). The number of aromatic amines is 1.